The molecule has 1 aliphatic rings. The van der Waals surface area contributed by atoms with Crippen molar-refractivity contribution in [1.82, 2.24) is 14.9 Å². The van der Waals surface area contributed by atoms with Crippen molar-refractivity contribution in [3.8, 4) is 5.69 Å². The van der Waals surface area contributed by atoms with Crippen LogP contribution in [0.3, 0.4) is 0 Å². The van der Waals surface area contributed by atoms with E-state index in [-0.39, 0.29) is 12.1 Å². The topological polar surface area (TPSA) is 59.4 Å². The molecule has 0 unspecified atom stereocenters. The lowest BCUT2D eigenvalue weighted by Crippen LogP contribution is -2.30. The minimum atomic E-state index is -0.397. The Balaban J connectivity index is 1.69. The van der Waals surface area contributed by atoms with Gasteiger partial charge in [0.1, 0.15) is 6.04 Å². The van der Waals surface area contributed by atoms with Gasteiger partial charge >= 0.3 is 5.97 Å². The molecule has 170 valence electrons. The number of pyridine rings is 1. The Kier molecular flexibility index (Phi) is 6.04. The van der Waals surface area contributed by atoms with Gasteiger partial charge in [0.05, 0.1) is 30.1 Å². The smallest absolute Gasteiger partial charge is 0.339 e. The number of para-hydroxylation sites is 1. The molecule has 1 fully saturated rings. The van der Waals surface area contributed by atoms with Gasteiger partial charge in [-0.3, -0.25) is 4.98 Å². The molecule has 2 aromatic heterocycles. The number of aromatic nitrogens is 2. The predicted molar refractivity (Wildman–Crippen MR) is 136 cm³/mol. The lowest BCUT2D eigenvalue weighted by atomic mass is 10.0. The van der Waals surface area contributed by atoms with Crippen LogP contribution in [0.1, 0.15) is 33.8 Å². The van der Waals surface area contributed by atoms with Gasteiger partial charge < -0.3 is 19.5 Å². The number of anilines is 1. The molecule has 1 saturated heterocycles. The number of carbonyl (C=O) groups is 1. The number of nitrogens with one attached hydrogen (secondary N) is 1. The highest BCUT2D eigenvalue weighted by Crippen LogP contribution is 2.42. The lowest BCUT2D eigenvalue weighted by molar-refractivity contribution is 0.0600. The molecule has 3 heterocycles. The van der Waals surface area contributed by atoms with E-state index in [9.17, 15) is 4.79 Å². The summed E-state index contributed by atoms with van der Waals surface area (Å²) in [6, 6.07) is 24.3. The maximum absolute atomic E-state index is 12.5. The van der Waals surface area contributed by atoms with Crippen molar-refractivity contribution in [3.63, 3.8) is 0 Å². The molecule has 0 amide bonds. The van der Waals surface area contributed by atoms with Crippen LogP contribution in [0.5, 0.6) is 0 Å². The highest BCUT2D eigenvalue weighted by atomic mass is 35.5. The summed E-state index contributed by atoms with van der Waals surface area (Å²) in [5.41, 5.74) is 3.90. The van der Waals surface area contributed by atoms with Crippen LogP contribution in [0.2, 0.25) is 5.02 Å². The van der Waals surface area contributed by atoms with Crippen molar-refractivity contribution < 1.29 is 9.53 Å². The molecule has 34 heavy (non-hydrogen) atoms. The first kappa shape index (κ1) is 22.1. The van der Waals surface area contributed by atoms with Gasteiger partial charge in [-0.05, 0) is 72.9 Å². The SMILES string of the molecule is COC(=O)c1ccccc1-n1cccc1[C@H]1[C@H](c2ccccn2)NC(=S)N1c1ccc(Cl)cc1. The molecular formula is C26H21ClN4O2S. The number of esters is 1. The summed E-state index contributed by atoms with van der Waals surface area (Å²) in [6.45, 7) is 0. The van der Waals surface area contributed by atoms with Crippen molar-refractivity contribution in [1.29, 1.82) is 0 Å². The minimum absolute atomic E-state index is 0.219. The molecule has 0 saturated carbocycles. The second-order valence-electron chi connectivity index (χ2n) is 7.78. The number of hydrogen-bond acceptors (Lipinski definition) is 4. The normalized spacial score (nSPS) is 17.5. The van der Waals surface area contributed by atoms with Gasteiger partial charge in [0, 0.05) is 28.8 Å². The Hall–Kier alpha value is -3.68. The Bertz CT molecular complexity index is 1340. The van der Waals surface area contributed by atoms with Crippen LogP contribution < -0.4 is 10.2 Å². The van der Waals surface area contributed by atoms with E-state index in [0.717, 1.165) is 22.8 Å². The van der Waals surface area contributed by atoms with E-state index in [1.165, 1.54) is 7.11 Å². The van der Waals surface area contributed by atoms with E-state index < -0.39 is 5.97 Å². The van der Waals surface area contributed by atoms with Gasteiger partial charge in [-0.1, -0.05) is 29.8 Å². The lowest BCUT2D eigenvalue weighted by Gasteiger charge is -2.29. The fourth-order valence-electron chi connectivity index (χ4n) is 4.36. The van der Waals surface area contributed by atoms with Crippen LogP contribution in [0.4, 0.5) is 5.69 Å². The molecule has 0 radical (unpaired) electrons. The van der Waals surface area contributed by atoms with Crippen molar-refractivity contribution in [2.45, 2.75) is 12.1 Å². The van der Waals surface area contributed by atoms with E-state index >= 15 is 0 Å². The summed E-state index contributed by atoms with van der Waals surface area (Å²) in [5.74, 6) is -0.397. The molecule has 0 spiro atoms. The Morgan fingerprint density at radius 1 is 1.03 bits per heavy atom. The Morgan fingerprint density at radius 3 is 2.53 bits per heavy atom. The molecule has 2 aromatic carbocycles. The van der Waals surface area contributed by atoms with Crippen LogP contribution >= 0.6 is 23.8 Å². The fraction of sp³-hybridized carbons (Fsp3) is 0.115. The number of benzene rings is 2. The summed E-state index contributed by atoms with van der Waals surface area (Å²) in [7, 11) is 1.38. The van der Waals surface area contributed by atoms with E-state index in [1.807, 2.05) is 83.6 Å². The van der Waals surface area contributed by atoms with E-state index in [0.29, 0.717) is 15.7 Å². The van der Waals surface area contributed by atoms with Gasteiger partial charge in [-0.25, -0.2) is 4.79 Å². The molecule has 1 aliphatic heterocycles. The number of halogens is 1. The number of hydrogen-bond donors (Lipinski definition) is 1. The first-order chi connectivity index (χ1) is 16.6. The zero-order valence-electron chi connectivity index (χ0n) is 18.3. The summed E-state index contributed by atoms with van der Waals surface area (Å²) in [4.78, 5) is 19.2. The summed E-state index contributed by atoms with van der Waals surface area (Å²) >= 11 is 12.0. The second kappa shape index (κ2) is 9.29. The third-order valence-electron chi connectivity index (χ3n) is 5.86. The monoisotopic (exact) mass is 488 g/mol. The van der Waals surface area contributed by atoms with Gasteiger partial charge in [0.25, 0.3) is 0 Å². The highest BCUT2D eigenvalue weighted by molar-refractivity contribution is 7.80. The van der Waals surface area contributed by atoms with Crippen molar-refractivity contribution >= 4 is 40.6 Å². The minimum Gasteiger partial charge on any atom is -0.465 e. The maximum Gasteiger partial charge on any atom is 0.339 e. The molecule has 2 atom stereocenters. The van der Waals surface area contributed by atoms with Crippen LogP contribution in [-0.2, 0) is 4.74 Å². The van der Waals surface area contributed by atoms with Gasteiger partial charge in [-0.15, -0.1) is 0 Å². The molecule has 1 N–H and O–H groups in total. The van der Waals surface area contributed by atoms with Gasteiger partial charge in [0.15, 0.2) is 5.11 Å². The summed E-state index contributed by atoms with van der Waals surface area (Å²) in [5, 5.41) is 4.68. The van der Waals surface area contributed by atoms with Crippen LogP contribution in [0.15, 0.2) is 91.3 Å². The van der Waals surface area contributed by atoms with Crippen LogP contribution in [0, 0.1) is 0 Å². The molecule has 0 aliphatic carbocycles. The molecular weight excluding hydrogens is 468 g/mol. The number of thiocarbonyl (C=S) groups is 1. The Labute approximate surface area is 207 Å². The first-order valence-corrected chi connectivity index (χ1v) is 11.5. The highest BCUT2D eigenvalue weighted by Gasteiger charge is 2.42. The van der Waals surface area contributed by atoms with Crippen LogP contribution in [0.25, 0.3) is 5.69 Å². The third kappa shape index (κ3) is 3.93. The zero-order chi connectivity index (χ0) is 23.7. The number of rotatable bonds is 5. The van der Waals surface area contributed by atoms with Crippen molar-refractivity contribution in [2.75, 3.05) is 12.0 Å². The number of ether oxygens (including phenoxy) is 1. The molecule has 6 nitrogen and oxygen atoms in total. The standard InChI is InChI=1S/C26H21ClN4O2S/c1-33-25(32)19-7-2-3-9-21(19)30-16-6-10-22(30)24-23(20-8-4-5-15-28-20)29-26(34)31(24)18-13-11-17(27)12-14-18/h2-16,23-24H,1H3,(H,29,34)/t23-,24-/m0/s1. The summed E-state index contributed by atoms with van der Waals surface area (Å²) in [6.07, 6.45) is 3.71. The second-order valence-corrected chi connectivity index (χ2v) is 8.61. The van der Waals surface area contributed by atoms with Crippen LogP contribution in [-0.4, -0.2) is 27.7 Å². The average molecular weight is 489 g/mol. The largest absolute Gasteiger partial charge is 0.465 e. The zero-order valence-corrected chi connectivity index (χ0v) is 19.8. The average Bonchev–Trinajstić information content (AvgIpc) is 3.49. The third-order valence-corrected chi connectivity index (χ3v) is 6.42. The molecule has 0 bridgehead atoms. The van der Waals surface area contributed by atoms with Crippen molar-refractivity contribution in [3.05, 3.63) is 113 Å². The Morgan fingerprint density at radius 2 is 1.79 bits per heavy atom. The molecule has 5 rings (SSSR count). The molecule has 4 aromatic rings. The van der Waals surface area contributed by atoms with Gasteiger partial charge in [-0.2, -0.15) is 0 Å². The fourth-order valence-corrected chi connectivity index (χ4v) is 4.83. The number of nitrogens with zero attached hydrogens (tertiary/aromatic N) is 3. The van der Waals surface area contributed by atoms with E-state index in [4.69, 9.17) is 28.6 Å². The molecule has 8 heteroatoms. The van der Waals surface area contributed by atoms with E-state index in [2.05, 4.69) is 15.2 Å². The summed E-state index contributed by atoms with van der Waals surface area (Å²) < 4.78 is 7.04. The number of carbonyl (C=O) groups excluding carboxylic acids is 1. The first-order valence-electron chi connectivity index (χ1n) is 10.7. The number of methoxy groups -OCH3 is 1. The van der Waals surface area contributed by atoms with Gasteiger partial charge in [0.2, 0.25) is 0 Å². The van der Waals surface area contributed by atoms with Crippen molar-refractivity contribution in [2.24, 2.45) is 0 Å². The quantitative estimate of drug-likeness (QED) is 0.296. The van der Waals surface area contributed by atoms with E-state index in [1.54, 1.807) is 12.3 Å². The predicted octanol–water partition coefficient (Wildman–Crippen LogP) is 5.49. The maximum atomic E-state index is 12.5.